The first kappa shape index (κ1) is 14.1. The highest BCUT2D eigenvalue weighted by molar-refractivity contribution is 5.88. The summed E-state index contributed by atoms with van der Waals surface area (Å²) < 4.78 is 76.0. The van der Waals surface area contributed by atoms with Crippen LogP contribution in [0.25, 0.3) is 0 Å². The SMILES string of the molecule is O=C(O)c1ccc(OC(F)(F)F)c(C(F)(F)F)c1. The summed E-state index contributed by atoms with van der Waals surface area (Å²) in [5, 5.41) is 8.47. The lowest BCUT2D eigenvalue weighted by Crippen LogP contribution is -2.20. The van der Waals surface area contributed by atoms with Crippen LogP contribution in [0.2, 0.25) is 0 Å². The second-order valence-corrected chi connectivity index (χ2v) is 3.06. The molecule has 0 saturated heterocycles. The molecule has 3 nitrogen and oxygen atoms in total. The first-order valence-corrected chi connectivity index (χ1v) is 4.21. The van der Waals surface area contributed by atoms with Crippen molar-refractivity contribution in [3.8, 4) is 5.75 Å². The molecule has 0 aliphatic heterocycles. The van der Waals surface area contributed by atoms with Gasteiger partial charge in [-0.25, -0.2) is 4.79 Å². The second-order valence-electron chi connectivity index (χ2n) is 3.06. The maximum Gasteiger partial charge on any atom is 0.573 e. The van der Waals surface area contributed by atoms with Gasteiger partial charge in [-0.15, -0.1) is 13.2 Å². The van der Waals surface area contributed by atoms with Crippen molar-refractivity contribution in [3.63, 3.8) is 0 Å². The van der Waals surface area contributed by atoms with Crippen LogP contribution >= 0.6 is 0 Å². The Labute approximate surface area is 95.6 Å². The third-order valence-corrected chi connectivity index (χ3v) is 1.76. The molecule has 0 heterocycles. The molecule has 1 rings (SSSR count). The summed E-state index contributed by atoms with van der Waals surface area (Å²) in [6, 6.07) is 0.960. The summed E-state index contributed by atoms with van der Waals surface area (Å²) in [5.74, 6) is -3.20. The van der Waals surface area contributed by atoms with Crippen molar-refractivity contribution in [1.29, 1.82) is 0 Å². The van der Waals surface area contributed by atoms with Crippen LogP contribution < -0.4 is 4.74 Å². The molecule has 0 aliphatic rings. The Bertz CT molecular complexity index is 462. The number of hydrogen-bond acceptors (Lipinski definition) is 2. The lowest BCUT2D eigenvalue weighted by atomic mass is 10.1. The molecule has 100 valence electrons. The van der Waals surface area contributed by atoms with Gasteiger partial charge in [0.15, 0.2) is 0 Å². The number of carboxylic acid groups (broad SMARTS) is 1. The molecule has 0 bridgehead atoms. The minimum atomic E-state index is -5.30. The van der Waals surface area contributed by atoms with E-state index in [1.165, 1.54) is 0 Å². The molecular weight excluding hydrogens is 270 g/mol. The predicted molar refractivity (Wildman–Crippen MR) is 45.1 cm³/mol. The Kier molecular flexibility index (Phi) is 3.45. The molecule has 0 amide bonds. The highest BCUT2D eigenvalue weighted by atomic mass is 19.4. The van der Waals surface area contributed by atoms with Crippen LogP contribution in [-0.4, -0.2) is 17.4 Å². The first-order chi connectivity index (χ1) is 8.00. The Balaban J connectivity index is 3.30. The normalized spacial score (nSPS) is 12.3. The topological polar surface area (TPSA) is 46.5 Å². The van der Waals surface area contributed by atoms with E-state index >= 15 is 0 Å². The van der Waals surface area contributed by atoms with Gasteiger partial charge in [-0.2, -0.15) is 13.2 Å². The molecule has 1 aromatic rings. The Hall–Kier alpha value is -1.93. The molecule has 0 radical (unpaired) electrons. The highest BCUT2D eigenvalue weighted by Gasteiger charge is 2.39. The Morgan fingerprint density at radius 3 is 2.06 bits per heavy atom. The minimum absolute atomic E-state index is 0.0728. The number of rotatable bonds is 2. The number of halogens is 6. The zero-order valence-electron chi connectivity index (χ0n) is 8.26. The van der Waals surface area contributed by atoms with E-state index in [1.54, 1.807) is 0 Å². The zero-order valence-corrected chi connectivity index (χ0v) is 8.26. The highest BCUT2D eigenvalue weighted by Crippen LogP contribution is 2.38. The van der Waals surface area contributed by atoms with Gasteiger partial charge in [0.25, 0.3) is 0 Å². The Morgan fingerprint density at radius 2 is 1.67 bits per heavy atom. The van der Waals surface area contributed by atoms with Crippen LogP contribution in [-0.2, 0) is 6.18 Å². The molecule has 0 spiro atoms. The van der Waals surface area contributed by atoms with E-state index in [0.717, 1.165) is 0 Å². The number of hydrogen-bond donors (Lipinski definition) is 1. The molecule has 0 aliphatic carbocycles. The van der Waals surface area contributed by atoms with Crippen LogP contribution in [0, 0.1) is 0 Å². The monoisotopic (exact) mass is 274 g/mol. The maximum absolute atomic E-state index is 12.4. The summed E-state index contributed by atoms with van der Waals surface area (Å²) in [5.41, 5.74) is -2.60. The molecule has 1 aromatic carbocycles. The van der Waals surface area contributed by atoms with E-state index in [9.17, 15) is 31.1 Å². The van der Waals surface area contributed by atoms with Gasteiger partial charge in [0.05, 0.1) is 11.1 Å². The predicted octanol–water partition coefficient (Wildman–Crippen LogP) is 3.30. The van der Waals surface area contributed by atoms with Gasteiger partial charge >= 0.3 is 18.5 Å². The number of benzene rings is 1. The molecule has 0 fully saturated rings. The van der Waals surface area contributed by atoms with Crippen molar-refractivity contribution in [2.24, 2.45) is 0 Å². The number of aromatic carboxylic acids is 1. The van der Waals surface area contributed by atoms with E-state index < -0.39 is 35.4 Å². The van der Waals surface area contributed by atoms with Crippen LogP contribution in [0.5, 0.6) is 5.75 Å². The molecule has 0 atom stereocenters. The molecule has 0 unspecified atom stereocenters. The van der Waals surface area contributed by atoms with Gasteiger partial charge in [-0.05, 0) is 18.2 Å². The average molecular weight is 274 g/mol. The molecule has 0 aromatic heterocycles. The van der Waals surface area contributed by atoms with Crippen molar-refractivity contribution in [2.75, 3.05) is 0 Å². The lowest BCUT2D eigenvalue weighted by Gasteiger charge is -2.15. The molecule has 0 saturated carbocycles. The minimum Gasteiger partial charge on any atom is -0.478 e. The fourth-order valence-electron chi connectivity index (χ4n) is 1.10. The van der Waals surface area contributed by atoms with E-state index in [-0.39, 0.29) is 6.07 Å². The number of alkyl halides is 6. The van der Waals surface area contributed by atoms with Crippen molar-refractivity contribution >= 4 is 5.97 Å². The summed E-state index contributed by atoms with van der Waals surface area (Å²) in [4.78, 5) is 10.4. The van der Waals surface area contributed by atoms with E-state index in [2.05, 4.69) is 4.74 Å². The van der Waals surface area contributed by atoms with Crippen molar-refractivity contribution in [1.82, 2.24) is 0 Å². The zero-order chi connectivity index (χ0) is 14.1. The smallest absolute Gasteiger partial charge is 0.478 e. The van der Waals surface area contributed by atoms with Crippen molar-refractivity contribution in [2.45, 2.75) is 12.5 Å². The van der Waals surface area contributed by atoms with Crippen molar-refractivity contribution < 1.29 is 41.0 Å². The standard InChI is InChI=1S/C9H4F6O3/c10-8(11,12)5-3-4(7(16)17)1-2-6(5)18-9(13,14)15/h1-3H,(H,16,17). The molecule has 18 heavy (non-hydrogen) atoms. The van der Waals surface area contributed by atoms with Crippen molar-refractivity contribution in [3.05, 3.63) is 29.3 Å². The van der Waals surface area contributed by atoms with Gasteiger partial charge in [0, 0.05) is 0 Å². The summed E-state index contributed by atoms with van der Waals surface area (Å²) >= 11 is 0. The van der Waals surface area contributed by atoms with Gasteiger partial charge in [0.1, 0.15) is 5.75 Å². The van der Waals surface area contributed by atoms with Crippen LogP contribution in [0.3, 0.4) is 0 Å². The van der Waals surface area contributed by atoms with E-state index in [0.29, 0.717) is 12.1 Å². The summed E-state index contributed by atoms with van der Waals surface area (Å²) in [6.45, 7) is 0. The van der Waals surface area contributed by atoms with Gasteiger partial charge in [-0.3, -0.25) is 0 Å². The van der Waals surface area contributed by atoms with E-state index in [4.69, 9.17) is 5.11 Å². The van der Waals surface area contributed by atoms with Gasteiger partial charge < -0.3 is 9.84 Å². The third kappa shape index (κ3) is 3.54. The Morgan fingerprint density at radius 1 is 1.11 bits per heavy atom. The quantitative estimate of drug-likeness (QED) is 0.841. The number of carboxylic acids is 1. The van der Waals surface area contributed by atoms with E-state index in [1.807, 2.05) is 0 Å². The average Bonchev–Trinajstić information content (AvgIpc) is 2.13. The fraction of sp³-hybridized carbons (Fsp3) is 0.222. The van der Waals surface area contributed by atoms with Gasteiger partial charge in [0.2, 0.25) is 0 Å². The largest absolute Gasteiger partial charge is 0.573 e. The molecule has 1 N–H and O–H groups in total. The number of ether oxygens (including phenoxy) is 1. The first-order valence-electron chi connectivity index (χ1n) is 4.21. The fourth-order valence-corrected chi connectivity index (χ4v) is 1.10. The number of carbonyl (C=O) groups is 1. The molecule has 9 heteroatoms. The maximum atomic E-state index is 12.4. The molecular formula is C9H4F6O3. The van der Waals surface area contributed by atoms with Crippen LogP contribution in [0.4, 0.5) is 26.3 Å². The summed E-state index contributed by atoms with van der Waals surface area (Å²) in [6.07, 6.45) is -10.5. The summed E-state index contributed by atoms with van der Waals surface area (Å²) in [7, 11) is 0. The third-order valence-electron chi connectivity index (χ3n) is 1.76. The van der Waals surface area contributed by atoms with Crippen LogP contribution in [0.15, 0.2) is 18.2 Å². The second kappa shape index (κ2) is 4.39. The lowest BCUT2D eigenvalue weighted by molar-refractivity contribution is -0.276. The van der Waals surface area contributed by atoms with Crippen LogP contribution in [0.1, 0.15) is 15.9 Å². The van der Waals surface area contributed by atoms with Gasteiger partial charge in [-0.1, -0.05) is 0 Å².